The van der Waals surface area contributed by atoms with Gasteiger partial charge in [0.05, 0.1) is 17.4 Å². The van der Waals surface area contributed by atoms with Crippen LogP contribution in [0, 0.1) is 6.92 Å². The molecule has 4 heteroatoms. The molecule has 0 fully saturated rings. The van der Waals surface area contributed by atoms with Gasteiger partial charge in [0.1, 0.15) is 0 Å². The molecule has 3 nitrogen and oxygen atoms in total. The van der Waals surface area contributed by atoms with Crippen molar-refractivity contribution in [1.82, 2.24) is 0 Å². The van der Waals surface area contributed by atoms with E-state index in [0.717, 1.165) is 34.6 Å². The van der Waals surface area contributed by atoms with Crippen LogP contribution in [0.1, 0.15) is 41.5 Å². The van der Waals surface area contributed by atoms with Gasteiger partial charge < -0.3 is 10.6 Å². The summed E-state index contributed by atoms with van der Waals surface area (Å²) in [4.78, 5) is 13.5. The van der Waals surface area contributed by atoms with Crippen molar-refractivity contribution in [2.24, 2.45) is 0 Å². The van der Waals surface area contributed by atoms with Crippen molar-refractivity contribution in [3.05, 3.63) is 106 Å². The average Bonchev–Trinajstić information content (AvgIpc) is 2.91. The number of fused-ring (bicyclic) bond motifs is 1. The van der Waals surface area contributed by atoms with Crippen molar-refractivity contribution in [2.75, 3.05) is 10.6 Å². The summed E-state index contributed by atoms with van der Waals surface area (Å²) < 4.78 is 0. The first-order chi connectivity index (χ1) is 14.6. The van der Waals surface area contributed by atoms with Gasteiger partial charge in [0.2, 0.25) is 0 Å². The van der Waals surface area contributed by atoms with Crippen LogP contribution in [0.25, 0.3) is 0 Å². The quantitative estimate of drug-likeness (QED) is 0.494. The fourth-order valence-electron chi connectivity index (χ4n) is 4.50. The minimum Gasteiger partial charge on any atom is -0.372 e. The van der Waals surface area contributed by atoms with Gasteiger partial charge in [-0.3, -0.25) is 4.79 Å². The number of hydrogen-bond donors (Lipinski definition) is 2. The zero-order valence-electron chi connectivity index (χ0n) is 16.8. The molecule has 0 radical (unpaired) electrons. The topological polar surface area (TPSA) is 41.1 Å². The molecular weight excluding hydrogens is 392 g/mol. The number of aryl methyl sites for hydroxylation is 1. The molecule has 0 spiro atoms. The SMILES string of the molecule is Cc1ccc(C2CC(=O)C3=C(C2)Nc2ccccc2NC3c2cccc(Cl)c2)cc1. The molecule has 0 saturated carbocycles. The maximum absolute atomic E-state index is 13.5. The van der Waals surface area contributed by atoms with Crippen molar-refractivity contribution in [2.45, 2.75) is 31.7 Å². The first kappa shape index (κ1) is 19.0. The summed E-state index contributed by atoms with van der Waals surface area (Å²) in [5, 5.41) is 7.84. The van der Waals surface area contributed by atoms with Crippen molar-refractivity contribution < 1.29 is 4.79 Å². The standard InChI is InChI=1S/C26H23ClN2O/c1-16-9-11-17(12-10-16)19-14-23-25(24(30)15-19)26(18-5-4-6-20(27)13-18)29-22-8-3-2-7-21(22)28-23/h2-13,19,26,28-29H,14-15H2,1H3. The summed E-state index contributed by atoms with van der Waals surface area (Å²) in [6, 6.07) is 24.2. The summed E-state index contributed by atoms with van der Waals surface area (Å²) in [5.41, 5.74) is 7.23. The fourth-order valence-corrected chi connectivity index (χ4v) is 4.70. The molecule has 1 heterocycles. The predicted octanol–water partition coefficient (Wildman–Crippen LogP) is 6.63. The second-order valence-corrected chi connectivity index (χ2v) is 8.57. The van der Waals surface area contributed by atoms with Crippen LogP contribution in [0.4, 0.5) is 11.4 Å². The third kappa shape index (κ3) is 3.50. The molecule has 0 bridgehead atoms. The molecule has 30 heavy (non-hydrogen) atoms. The Balaban J connectivity index is 1.61. The van der Waals surface area contributed by atoms with Crippen LogP contribution in [-0.2, 0) is 4.79 Å². The van der Waals surface area contributed by atoms with Crippen LogP contribution >= 0.6 is 11.6 Å². The highest BCUT2D eigenvalue weighted by molar-refractivity contribution is 6.30. The number of para-hydroxylation sites is 2. The van der Waals surface area contributed by atoms with E-state index in [9.17, 15) is 4.79 Å². The van der Waals surface area contributed by atoms with Gasteiger partial charge >= 0.3 is 0 Å². The van der Waals surface area contributed by atoms with Gasteiger partial charge in [-0.2, -0.15) is 0 Å². The lowest BCUT2D eigenvalue weighted by Crippen LogP contribution is -2.26. The summed E-state index contributed by atoms with van der Waals surface area (Å²) in [7, 11) is 0. The number of allylic oxidation sites excluding steroid dienone is 1. The highest BCUT2D eigenvalue weighted by atomic mass is 35.5. The number of Topliss-reactive ketones (excluding diaryl/α,β-unsaturated/α-hetero) is 1. The maximum atomic E-state index is 13.5. The summed E-state index contributed by atoms with van der Waals surface area (Å²) >= 11 is 6.29. The molecule has 1 aliphatic carbocycles. The van der Waals surface area contributed by atoms with Crippen molar-refractivity contribution in [3.63, 3.8) is 0 Å². The van der Waals surface area contributed by atoms with Crippen LogP contribution in [0.15, 0.2) is 84.1 Å². The zero-order chi connectivity index (χ0) is 20.7. The van der Waals surface area contributed by atoms with Gasteiger partial charge in [0.15, 0.2) is 5.78 Å². The minimum atomic E-state index is -0.235. The second-order valence-electron chi connectivity index (χ2n) is 8.13. The normalized spacial score (nSPS) is 20.5. The molecule has 3 aromatic carbocycles. The molecule has 2 N–H and O–H groups in total. The number of nitrogens with one attached hydrogen (secondary N) is 2. The first-order valence-electron chi connectivity index (χ1n) is 10.3. The molecule has 3 aromatic rings. The number of hydrogen-bond acceptors (Lipinski definition) is 3. The Kier molecular flexibility index (Phi) is 4.84. The average molecular weight is 415 g/mol. The lowest BCUT2D eigenvalue weighted by atomic mass is 9.78. The number of anilines is 2. The maximum Gasteiger partial charge on any atom is 0.163 e. The van der Waals surface area contributed by atoms with Gasteiger partial charge in [-0.1, -0.05) is 65.7 Å². The Hall–Kier alpha value is -3.04. The van der Waals surface area contributed by atoms with E-state index in [2.05, 4.69) is 41.8 Å². The number of halogens is 1. The Labute approximate surface area is 181 Å². The number of carbonyl (C=O) groups is 1. The number of ketones is 1. The van der Waals surface area contributed by atoms with E-state index in [0.29, 0.717) is 11.4 Å². The summed E-state index contributed by atoms with van der Waals surface area (Å²) in [6.45, 7) is 2.08. The first-order valence-corrected chi connectivity index (χ1v) is 10.7. The highest BCUT2D eigenvalue weighted by Gasteiger charge is 2.36. The lowest BCUT2D eigenvalue weighted by molar-refractivity contribution is -0.116. The van der Waals surface area contributed by atoms with E-state index in [1.54, 1.807) is 0 Å². The Morgan fingerprint density at radius 2 is 1.63 bits per heavy atom. The van der Waals surface area contributed by atoms with E-state index in [1.807, 2.05) is 48.5 Å². The molecule has 5 rings (SSSR count). The summed E-state index contributed by atoms with van der Waals surface area (Å²) in [5.74, 6) is 0.356. The van der Waals surface area contributed by atoms with Crippen molar-refractivity contribution in [3.8, 4) is 0 Å². The molecule has 2 aliphatic rings. The third-order valence-corrected chi connectivity index (χ3v) is 6.27. The Bertz CT molecular complexity index is 1150. The van der Waals surface area contributed by atoms with Crippen molar-refractivity contribution >= 4 is 28.8 Å². The van der Waals surface area contributed by atoms with Crippen LogP contribution in [0.3, 0.4) is 0 Å². The van der Waals surface area contributed by atoms with Crippen LogP contribution in [0.2, 0.25) is 5.02 Å². The van der Waals surface area contributed by atoms with E-state index in [1.165, 1.54) is 11.1 Å². The monoisotopic (exact) mass is 414 g/mol. The molecule has 1 aliphatic heterocycles. The Morgan fingerprint density at radius 1 is 0.867 bits per heavy atom. The van der Waals surface area contributed by atoms with Crippen LogP contribution in [0.5, 0.6) is 0 Å². The molecule has 2 atom stereocenters. The van der Waals surface area contributed by atoms with E-state index in [-0.39, 0.29) is 17.7 Å². The molecule has 2 unspecified atom stereocenters. The smallest absolute Gasteiger partial charge is 0.163 e. The van der Waals surface area contributed by atoms with E-state index >= 15 is 0 Å². The molecule has 0 aromatic heterocycles. The third-order valence-electron chi connectivity index (χ3n) is 6.04. The highest BCUT2D eigenvalue weighted by Crippen LogP contribution is 2.44. The van der Waals surface area contributed by atoms with Gasteiger partial charge in [0.25, 0.3) is 0 Å². The Morgan fingerprint density at radius 3 is 2.40 bits per heavy atom. The lowest BCUT2D eigenvalue weighted by Gasteiger charge is -2.30. The van der Waals surface area contributed by atoms with Crippen molar-refractivity contribution in [1.29, 1.82) is 0 Å². The van der Waals surface area contributed by atoms with Crippen LogP contribution < -0.4 is 10.6 Å². The predicted molar refractivity (Wildman–Crippen MR) is 123 cm³/mol. The largest absolute Gasteiger partial charge is 0.372 e. The van der Waals surface area contributed by atoms with Gasteiger partial charge in [-0.15, -0.1) is 0 Å². The molecule has 150 valence electrons. The summed E-state index contributed by atoms with van der Waals surface area (Å²) in [6.07, 6.45) is 1.32. The van der Waals surface area contributed by atoms with Gasteiger partial charge in [0, 0.05) is 22.7 Å². The zero-order valence-corrected chi connectivity index (χ0v) is 17.5. The van der Waals surface area contributed by atoms with Gasteiger partial charge in [-0.05, 0) is 54.7 Å². The number of benzene rings is 3. The number of carbonyl (C=O) groups excluding carboxylic acids is 1. The fraction of sp³-hybridized carbons (Fsp3) is 0.192. The molecule has 0 amide bonds. The molecule has 0 saturated heterocycles. The van der Waals surface area contributed by atoms with Crippen LogP contribution in [-0.4, -0.2) is 5.78 Å². The molecular formula is C26H23ClN2O. The minimum absolute atomic E-state index is 0.176. The van der Waals surface area contributed by atoms with E-state index < -0.39 is 0 Å². The second kappa shape index (κ2) is 7.66. The van der Waals surface area contributed by atoms with E-state index in [4.69, 9.17) is 11.6 Å². The number of rotatable bonds is 2. The van der Waals surface area contributed by atoms with Gasteiger partial charge in [-0.25, -0.2) is 0 Å².